The fraction of sp³-hybridized carbons (Fsp3) is 0.450. The fourth-order valence-electron chi connectivity index (χ4n) is 3.11. The van der Waals surface area contributed by atoms with Crippen molar-refractivity contribution < 1.29 is 14.7 Å². The van der Waals surface area contributed by atoms with Crippen LogP contribution in [0.3, 0.4) is 0 Å². The minimum Gasteiger partial charge on any atom is -0.478 e. The number of aromatic carboxylic acids is 1. The van der Waals surface area contributed by atoms with Crippen molar-refractivity contribution >= 4 is 11.9 Å². The van der Waals surface area contributed by atoms with Gasteiger partial charge in [-0.25, -0.2) is 4.79 Å². The highest BCUT2D eigenvalue weighted by Gasteiger charge is 2.33. The molecule has 1 aliphatic carbocycles. The molecule has 1 atom stereocenters. The van der Waals surface area contributed by atoms with E-state index in [9.17, 15) is 9.59 Å². The number of carbonyl (C=O) groups is 2. The zero-order valence-corrected chi connectivity index (χ0v) is 15.2. The highest BCUT2D eigenvalue weighted by atomic mass is 16.4. The van der Waals surface area contributed by atoms with E-state index in [1.165, 1.54) is 0 Å². The third-order valence-electron chi connectivity index (χ3n) is 4.92. The molecular formula is C20H25N3O3. The summed E-state index contributed by atoms with van der Waals surface area (Å²) in [5.41, 5.74) is 2.89. The third kappa shape index (κ3) is 3.95. The van der Waals surface area contributed by atoms with Crippen molar-refractivity contribution in [3.8, 4) is 0 Å². The smallest absolute Gasteiger partial charge is 0.335 e. The summed E-state index contributed by atoms with van der Waals surface area (Å²) in [6.45, 7) is 4.70. The van der Waals surface area contributed by atoms with Gasteiger partial charge in [-0.05, 0) is 50.3 Å². The van der Waals surface area contributed by atoms with E-state index >= 15 is 0 Å². The highest BCUT2D eigenvalue weighted by molar-refractivity contribution is 5.95. The number of carboxylic acid groups (broad SMARTS) is 1. The van der Waals surface area contributed by atoms with Gasteiger partial charge in [0, 0.05) is 18.5 Å². The molecule has 0 saturated heterocycles. The lowest BCUT2D eigenvalue weighted by molar-refractivity contribution is 0.0696. The predicted octanol–water partition coefficient (Wildman–Crippen LogP) is 3.40. The Bertz CT molecular complexity index is 808. The summed E-state index contributed by atoms with van der Waals surface area (Å²) in [7, 11) is 0. The van der Waals surface area contributed by atoms with Crippen LogP contribution < -0.4 is 5.32 Å². The number of aromatic nitrogens is 2. The number of benzene rings is 1. The quantitative estimate of drug-likeness (QED) is 0.760. The van der Waals surface area contributed by atoms with Gasteiger partial charge in [-0.15, -0.1) is 0 Å². The molecule has 0 spiro atoms. The molecule has 2 aromatic rings. The summed E-state index contributed by atoms with van der Waals surface area (Å²) in [6.07, 6.45) is 5.47. The molecule has 138 valence electrons. The van der Waals surface area contributed by atoms with E-state index in [1.807, 2.05) is 10.7 Å². The first-order chi connectivity index (χ1) is 12.5. The molecule has 3 rings (SSSR count). The molecule has 0 bridgehead atoms. The van der Waals surface area contributed by atoms with Crippen molar-refractivity contribution in [3.63, 3.8) is 0 Å². The zero-order chi connectivity index (χ0) is 18.7. The van der Waals surface area contributed by atoms with E-state index in [-0.39, 0.29) is 17.5 Å². The summed E-state index contributed by atoms with van der Waals surface area (Å²) in [5.74, 6) is -0.599. The van der Waals surface area contributed by atoms with Gasteiger partial charge in [0.25, 0.3) is 5.91 Å². The lowest BCUT2D eigenvalue weighted by atomic mass is 10.1. The average molecular weight is 355 g/mol. The number of carboxylic acids is 1. The summed E-state index contributed by atoms with van der Waals surface area (Å²) < 4.78 is 2.00. The standard InChI is InChI=1S/C20H25N3O3/c1-3-13(2)23-18(15-7-8-15)17(12-22-23)19(24)21-10-9-14-5-4-6-16(11-14)20(25)26/h4-6,11-13,15H,3,7-10H2,1-2H3,(H,21,24)(H,25,26). The minimum absolute atomic E-state index is 0.101. The van der Waals surface area contributed by atoms with Crippen LogP contribution in [-0.2, 0) is 6.42 Å². The van der Waals surface area contributed by atoms with Crippen LogP contribution in [0.25, 0.3) is 0 Å². The molecule has 1 amide bonds. The van der Waals surface area contributed by atoms with Gasteiger partial charge >= 0.3 is 5.97 Å². The summed E-state index contributed by atoms with van der Waals surface area (Å²) in [5, 5.41) is 16.5. The monoisotopic (exact) mass is 355 g/mol. The summed E-state index contributed by atoms with van der Waals surface area (Å²) in [6, 6.07) is 7.09. The number of nitrogens with one attached hydrogen (secondary N) is 1. The molecule has 1 aliphatic rings. The lowest BCUT2D eigenvalue weighted by Gasteiger charge is -2.14. The molecule has 0 radical (unpaired) electrons. The Morgan fingerprint density at radius 2 is 2.15 bits per heavy atom. The minimum atomic E-state index is -0.942. The Morgan fingerprint density at radius 3 is 2.81 bits per heavy atom. The number of hydrogen-bond donors (Lipinski definition) is 2. The second-order valence-electron chi connectivity index (χ2n) is 6.93. The van der Waals surface area contributed by atoms with E-state index < -0.39 is 5.97 Å². The first-order valence-corrected chi connectivity index (χ1v) is 9.19. The van der Waals surface area contributed by atoms with Gasteiger partial charge in [0.05, 0.1) is 23.0 Å². The van der Waals surface area contributed by atoms with Gasteiger partial charge in [0.15, 0.2) is 0 Å². The van der Waals surface area contributed by atoms with Crippen molar-refractivity contribution in [2.75, 3.05) is 6.54 Å². The molecule has 26 heavy (non-hydrogen) atoms. The van der Waals surface area contributed by atoms with E-state index in [0.29, 0.717) is 24.4 Å². The maximum atomic E-state index is 12.6. The largest absolute Gasteiger partial charge is 0.478 e. The SMILES string of the molecule is CCC(C)n1ncc(C(=O)NCCc2cccc(C(=O)O)c2)c1C1CC1. The molecule has 1 aromatic heterocycles. The van der Waals surface area contributed by atoms with Crippen LogP contribution in [0, 0.1) is 0 Å². The van der Waals surface area contributed by atoms with Gasteiger partial charge in [-0.3, -0.25) is 9.48 Å². The normalized spacial score (nSPS) is 14.8. The first kappa shape index (κ1) is 18.2. The Morgan fingerprint density at radius 1 is 1.38 bits per heavy atom. The van der Waals surface area contributed by atoms with Gasteiger partial charge in [-0.1, -0.05) is 19.1 Å². The second-order valence-corrected chi connectivity index (χ2v) is 6.93. The topological polar surface area (TPSA) is 84.2 Å². The van der Waals surface area contributed by atoms with E-state index in [4.69, 9.17) is 5.11 Å². The van der Waals surface area contributed by atoms with Crippen molar-refractivity contribution in [2.24, 2.45) is 0 Å². The first-order valence-electron chi connectivity index (χ1n) is 9.19. The highest BCUT2D eigenvalue weighted by Crippen LogP contribution is 2.42. The van der Waals surface area contributed by atoms with Crippen LogP contribution in [-0.4, -0.2) is 33.3 Å². The van der Waals surface area contributed by atoms with Crippen molar-refractivity contribution in [1.82, 2.24) is 15.1 Å². The maximum Gasteiger partial charge on any atom is 0.335 e. The number of amides is 1. The second kappa shape index (κ2) is 7.72. The molecule has 1 unspecified atom stereocenters. The number of nitrogens with zero attached hydrogens (tertiary/aromatic N) is 2. The van der Waals surface area contributed by atoms with Crippen molar-refractivity contribution in [2.45, 2.75) is 51.5 Å². The van der Waals surface area contributed by atoms with Crippen LogP contribution >= 0.6 is 0 Å². The molecule has 0 aliphatic heterocycles. The molecule has 1 fully saturated rings. The summed E-state index contributed by atoms with van der Waals surface area (Å²) in [4.78, 5) is 23.7. The molecule has 2 N–H and O–H groups in total. The molecule has 6 heteroatoms. The van der Waals surface area contributed by atoms with Gasteiger partial charge < -0.3 is 10.4 Å². The van der Waals surface area contributed by atoms with Crippen LogP contribution in [0.15, 0.2) is 30.5 Å². The van der Waals surface area contributed by atoms with Crippen LogP contribution in [0.4, 0.5) is 0 Å². The van der Waals surface area contributed by atoms with Crippen LogP contribution in [0.5, 0.6) is 0 Å². The van der Waals surface area contributed by atoms with E-state index in [2.05, 4.69) is 24.3 Å². The molecule has 1 heterocycles. The van der Waals surface area contributed by atoms with Gasteiger partial charge in [0.1, 0.15) is 0 Å². The molecule has 6 nitrogen and oxygen atoms in total. The number of hydrogen-bond acceptors (Lipinski definition) is 3. The van der Waals surface area contributed by atoms with Crippen molar-refractivity contribution in [1.29, 1.82) is 0 Å². The third-order valence-corrected chi connectivity index (χ3v) is 4.92. The average Bonchev–Trinajstić information content (AvgIpc) is 3.39. The van der Waals surface area contributed by atoms with E-state index in [1.54, 1.807) is 24.4 Å². The number of rotatable bonds is 8. The van der Waals surface area contributed by atoms with Crippen molar-refractivity contribution in [3.05, 3.63) is 52.8 Å². The fourth-order valence-corrected chi connectivity index (χ4v) is 3.11. The van der Waals surface area contributed by atoms with Gasteiger partial charge in [-0.2, -0.15) is 5.10 Å². The Labute approximate surface area is 153 Å². The maximum absolute atomic E-state index is 12.6. The molecule has 1 saturated carbocycles. The zero-order valence-electron chi connectivity index (χ0n) is 15.2. The lowest BCUT2D eigenvalue weighted by Crippen LogP contribution is -2.26. The Balaban J connectivity index is 1.65. The van der Waals surface area contributed by atoms with Gasteiger partial charge in [0.2, 0.25) is 0 Å². The predicted molar refractivity (Wildman–Crippen MR) is 98.6 cm³/mol. The van der Waals surface area contributed by atoms with Crippen LogP contribution in [0.1, 0.15) is 77.0 Å². The molecule has 1 aromatic carbocycles. The van der Waals surface area contributed by atoms with E-state index in [0.717, 1.165) is 30.5 Å². The van der Waals surface area contributed by atoms with Crippen LogP contribution in [0.2, 0.25) is 0 Å². The molecular weight excluding hydrogens is 330 g/mol. The number of carbonyl (C=O) groups excluding carboxylic acids is 1. The summed E-state index contributed by atoms with van der Waals surface area (Å²) >= 11 is 0. The Kier molecular flexibility index (Phi) is 5.40. The Hall–Kier alpha value is -2.63.